The van der Waals surface area contributed by atoms with Crippen LogP contribution in [-0.4, -0.2) is 63.1 Å². The summed E-state index contributed by atoms with van der Waals surface area (Å²) in [6, 6.07) is 22.4. The molecule has 0 fully saturated rings. The maximum Gasteiger partial charge on any atom is 0.243 e. The smallest absolute Gasteiger partial charge is 0.243 e. The number of methoxy groups -OCH3 is 1. The molecule has 0 saturated heterocycles. The van der Waals surface area contributed by atoms with Crippen LogP contribution in [0.25, 0.3) is 0 Å². The Kier molecular flexibility index (Phi) is 11.7. The molecule has 0 spiro atoms. The standard InChI is InChI=1S/C30H37N3O6S/c1-3-32-40(37,38)27-16-11-23(12-17-27)13-18-29(35)33(22-25-9-14-26(39-2)15-10-25)28(30(36)31-19-20-34)21-24-7-5-4-6-8-24/h4-12,14-17,28,32,34H,3,13,18-22H2,1-2H3,(H,31,36). The van der Waals surface area contributed by atoms with Gasteiger partial charge >= 0.3 is 0 Å². The molecule has 40 heavy (non-hydrogen) atoms. The molecule has 2 amide bonds. The maximum absolute atomic E-state index is 13.7. The van der Waals surface area contributed by atoms with Gasteiger partial charge in [-0.1, -0.05) is 61.5 Å². The molecular weight excluding hydrogens is 530 g/mol. The minimum Gasteiger partial charge on any atom is -0.497 e. The Morgan fingerprint density at radius 1 is 0.925 bits per heavy atom. The van der Waals surface area contributed by atoms with Gasteiger partial charge in [0, 0.05) is 32.5 Å². The van der Waals surface area contributed by atoms with Crippen molar-refractivity contribution in [1.29, 1.82) is 0 Å². The number of rotatable bonds is 15. The quantitative estimate of drug-likeness (QED) is 0.259. The van der Waals surface area contributed by atoms with Gasteiger partial charge in [-0.05, 0) is 47.4 Å². The van der Waals surface area contributed by atoms with Crippen molar-refractivity contribution in [2.75, 3.05) is 26.8 Å². The predicted octanol–water partition coefficient (Wildman–Crippen LogP) is 2.67. The molecule has 0 heterocycles. The molecule has 10 heteroatoms. The molecule has 3 N–H and O–H groups in total. The summed E-state index contributed by atoms with van der Waals surface area (Å²) in [5, 5.41) is 12.0. The predicted molar refractivity (Wildman–Crippen MR) is 153 cm³/mol. The summed E-state index contributed by atoms with van der Waals surface area (Å²) in [6.45, 7) is 2.07. The van der Waals surface area contributed by atoms with Gasteiger partial charge in [0.05, 0.1) is 18.6 Å². The molecule has 3 aromatic carbocycles. The lowest BCUT2D eigenvalue weighted by Gasteiger charge is -2.31. The fraction of sp³-hybridized carbons (Fsp3) is 0.333. The monoisotopic (exact) mass is 567 g/mol. The normalized spacial score (nSPS) is 12.0. The van der Waals surface area contributed by atoms with E-state index in [0.717, 1.165) is 16.7 Å². The third-order valence-electron chi connectivity index (χ3n) is 6.39. The van der Waals surface area contributed by atoms with Crippen LogP contribution in [0.15, 0.2) is 83.8 Å². The summed E-state index contributed by atoms with van der Waals surface area (Å²) in [6.07, 6.45) is 0.792. The molecule has 1 atom stereocenters. The van der Waals surface area contributed by atoms with Gasteiger partial charge < -0.3 is 20.1 Å². The Bertz CT molecular complexity index is 1330. The van der Waals surface area contributed by atoms with Crippen LogP contribution in [-0.2, 0) is 39.0 Å². The van der Waals surface area contributed by atoms with E-state index < -0.39 is 16.1 Å². The number of ether oxygens (including phenoxy) is 1. The Balaban J connectivity index is 1.86. The highest BCUT2D eigenvalue weighted by molar-refractivity contribution is 7.89. The van der Waals surface area contributed by atoms with Gasteiger partial charge in [-0.3, -0.25) is 9.59 Å². The lowest BCUT2D eigenvalue weighted by atomic mass is 10.0. The van der Waals surface area contributed by atoms with Crippen molar-refractivity contribution in [3.05, 3.63) is 95.6 Å². The highest BCUT2D eigenvalue weighted by Gasteiger charge is 2.30. The van der Waals surface area contributed by atoms with E-state index in [4.69, 9.17) is 4.74 Å². The van der Waals surface area contributed by atoms with E-state index >= 15 is 0 Å². The SMILES string of the molecule is CCNS(=O)(=O)c1ccc(CCC(=O)N(Cc2ccc(OC)cc2)C(Cc2ccccc2)C(=O)NCCO)cc1. The Morgan fingerprint density at radius 2 is 1.57 bits per heavy atom. The van der Waals surface area contributed by atoms with Crippen LogP contribution >= 0.6 is 0 Å². The minimum absolute atomic E-state index is 0.0802. The number of nitrogens with one attached hydrogen (secondary N) is 2. The highest BCUT2D eigenvalue weighted by Crippen LogP contribution is 2.19. The summed E-state index contributed by atoms with van der Waals surface area (Å²) < 4.78 is 32.2. The lowest BCUT2D eigenvalue weighted by Crippen LogP contribution is -2.51. The largest absolute Gasteiger partial charge is 0.497 e. The molecule has 3 aromatic rings. The number of aryl methyl sites for hydroxylation is 1. The van der Waals surface area contributed by atoms with E-state index in [-0.39, 0.29) is 42.8 Å². The summed E-state index contributed by atoms with van der Waals surface area (Å²) in [5.41, 5.74) is 2.54. The number of benzene rings is 3. The fourth-order valence-electron chi connectivity index (χ4n) is 4.28. The second-order valence-electron chi connectivity index (χ2n) is 9.24. The summed E-state index contributed by atoms with van der Waals surface area (Å²) >= 11 is 0. The molecule has 0 saturated carbocycles. The first-order valence-corrected chi connectivity index (χ1v) is 14.7. The molecule has 0 aliphatic heterocycles. The van der Waals surface area contributed by atoms with Gasteiger partial charge in [0.15, 0.2) is 0 Å². The second kappa shape index (κ2) is 15.2. The zero-order valence-corrected chi connectivity index (χ0v) is 23.7. The average Bonchev–Trinajstić information content (AvgIpc) is 2.97. The first-order valence-electron chi connectivity index (χ1n) is 13.2. The number of hydrogen-bond donors (Lipinski definition) is 3. The van der Waals surface area contributed by atoms with Gasteiger partial charge in [0.2, 0.25) is 21.8 Å². The molecule has 0 bridgehead atoms. The molecule has 1 unspecified atom stereocenters. The molecule has 214 valence electrons. The van der Waals surface area contributed by atoms with Crippen LogP contribution in [0.1, 0.15) is 30.0 Å². The Morgan fingerprint density at radius 3 is 2.17 bits per heavy atom. The van der Waals surface area contributed by atoms with Crippen molar-refractivity contribution >= 4 is 21.8 Å². The van der Waals surface area contributed by atoms with Crippen molar-refractivity contribution in [2.24, 2.45) is 0 Å². The number of hydrogen-bond acceptors (Lipinski definition) is 6. The molecule has 0 aliphatic rings. The van der Waals surface area contributed by atoms with Crippen molar-refractivity contribution in [3.8, 4) is 5.75 Å². The van der Waals surface area contributed by atoms with Gasteiger partial charge in [-0.15, -0.1) is 0 Å². The van der Waals surface area contributed by atoms with Crippen LogP contribution in [0.5, 0.6) is 5.75 Å². The van der Waals surface area contributed by atoms with E-state index in [1.54, 1.807) is 43.2 Å². The third-order valence-corrected chi connectivity index (χ3v) is 7.95. The summed E-state index contributed by atoms with van der Waals surface area (Å²) in [7, 11) is -1.99. The van der Waals surface area contributed by atoms with Crippen LogP contribution in [0, 0.1) is 0 Å². The molecular formula is C30H37N3O6S. The van der Waals surface area contributed by atoms with Gasteiger partial charge in [0.25, 0.3) is 0 Å². The minimum atomic E-state index is -3.57. The van der Waals surface area contributed by atoms with Crippen LogP contribution < -0.4 is 14.8 Å². The van der Waals surface area contributed by atoms with Crippen molar-refractivity contribution in [1.82, 2.24) is 14.9 Å². The average molecular weight is 568 g/mol. The van der Waals surface area contributed by atoms with E-state index in [1.165, 1.54) is 12.1 Å². The molecule has 9 nitrogen and oxygen atoms in total. The van der Waals surface area contributed by atoms with Gasteiger partial charge in [-0.25, -0.2) is 13.1 Å². The van der Waals surface area contributed by atoms with Gasteiger partial charge in [0.1, 0.15) is 11.8 Å². The maximum atomic E-state index is 13.7. The Labute approximate surface area is 236 Å². The van der Waals surface area contributed by atoms with Gasteiger partial charge in [-0.2, -0.15) is 0 Å². The number of nitrogens with zero attached hydrogens (tertiary/aromatic N) is 1. The molecule has 0 aromatic heterocycles. The van der Waals surface area contributed by atoms with E-state index in [9.17, 15) is 23.1 Å². The number of carbonyl (C=O) groups excluding carboxylic acids is 2. The van der Waals surface area contributed by atoms with E-state index in [2.05, 4.69) is 10.0 Å². The van der Waals surface area contributed by atoms with Crippen LogP contribution in [0.3, 0.4) is 0 Å². The van der Waals surface area contributed by atoms with Crippen LogP contribution in [0.2, 0.25) is 0 Å². The summed E-state index contributed by atoms with van der Waals surface area (Å²) in [4.78, 5) is 28.8. The number of amides is 2. The first-order chi connectivity index (χ1) is 19.3. The number of sulfonamides is 1. The van der Waals surface area contributed by atoms with Crippen molar-refractivity contribution in [2.45, 2.75) is 43.7 Å². The molecule has 0 radical (unpaired) electrons. The highest BCUT2D eigenvalue weighted by atomic mass is 32.2. The first kappa shape index (κ1) is 30.8. The number of carbonyl (C=O) groups is 2. The number of aliphatic hydroxyl groups excluding tert-OH is 1. The number of aliphatic hydroxyl groups is 1. The van der Waals surface area contributed by atoms with E-state index in [0.29, 0.717) is 25.1 Å². The molecule has 3 rings (SSSR count). The van der Waals surface area contributed by atoms with Crippen LogP contribution in [0.4, 0.5) is 0 Å². The third kappa shape index (κ3) is 8.90. The molecule has 0 aliphatic carbocycles. The summed E-state index contributed by atoms with van der Waals surface area (Å²) in [5.74, 6) is 0.112. The van der Waals surface area contributed by atoms with E-state index in [1.807, 2.05) is 42.5 Å². The van der Waals surface area contributed by atoms with Crippen molar-refractivity contribution in [3.63, 3.8) is 0 Å². The Hall–Kier alpha value is -3.73. The zero-order valence-electron chi connectivity index (χ0n) is 22.9. The zero-order chi connectivity index (χ0) is 29.0. The fourth-order valence-corrected chi connectivity index (χ4v) is 5.32. The lowest BCUT2D eigenvalue weighted by molar-refractivity contribution is -0.141. The topological polar surface area (TPSA) is 125 Å². The second-order valence-corrected chi connectivity index (χ2v) is 11.0. The van der Waals surface area contributed by atoms with Crippen molar-refractivity contribution < 1.29 is 27.9 Å².